The Labute approximate surface area is 178 Å². The third kappa shape index (κ3) is 17.4. The summed E-state index contributed by atoms with van der Waals surface area (Å²) in [6.07, 6.45) is 4.02. The molecule has 0 heterocycles. The molecule has 6 heteroatoms. The van der Waals surface area contributed by atoms with Gasteiger partial charge in [0.1, 0.15) is 5.60 Å². The Morgan fingerprint density at radius 1 is 0.793 bits per heavy atom. The van der Waals surface area contributed by atoms with Gasteiger partial charge in [-0.15, -0.1) is 0 Å². The minimum Gasteiger partial charge on any atom is -0.479 e. The zero-order valence-corrected chi connectivity index (χ0v) is 20.7. The highest BCUT2D eigenvalue weighted by atomic mass is 17.2. The van der Waals surface area contributed by atoms with Crippen LogP contribution in [0, 0.1) is 5.41 Å². The van der Waals surface area contributed by atoms with E-state index >= 15 is 0 Å². The Balaban J connectivity index is 0. The van der Waals surface area contributed by atoms with Gasteiger partial charge in [0, 0.05) is 6.42 Å². The molecule has 174 valence electrons. The fraction of sp³-hybridized carbons (Fsp3) is 0.913. The van der Waals surface area contributed by atoms with Crippen LogP contribution in [0.25, 0.3) is 0 Å². The average molecular weight is 419 g/mol. The van der Waals surface area contributed by atoms with E-state index in [9.17, 15) is 14.7 Å². The van der Waals surface area contributed by atoms with Crippen LogP contribution in [-0.4, -0.2) is 33.8 Å². The number of aliphatic carboxylic acids is 1. The summed E-state index contributed by atoms with van der Waals surface area (Å²) in [6, 6.07) is 0. The Bertz CT molecular complexity index is 479. The highest BCUT2D eigenvalue weighted by molar-refractivity contribution is 5.77. The quantitative estimate of drug-likeness (QED) is 0.268. The maximum atomic E-state index is 11.3. The van der Waals surface area contributed by atoms with Gasteiger partial charge < -0.3 is 9.84 Å². The first kappa shape index (κ1) is 30.1. The third-order valence-electron chi connectivity index (χ3n) is 3.85. The van der Waals surface area contributed by atoms with Crippen molar-refractivity contribution < 1.29 is 29.2 Å². The maximum Gasteiger partial charge on any atom is 0.339 e. The Morgan fingerprint density at radius 3 is 1.62 bits per heavy atom. The van der Waals surface area contributed by atoms with E-state index in [0.717, 1.165) is 19.3 Å². The Morgan fingerprint density at radius 2 is 1.31 bits per heavy atom. The molecule has 1 N–H and O–H groups in total. The molecule has 1 atom stereocenters. The molecule has 0 fully saturated rings. The van der Waals surface area contributed by atoms with E-state index in [1.165, 1.54) is 0 Å². The van der Waals surface area contributed by atoms with E-state index in [1.54, 1.807) is 6.92 Å². The van der Waals surface area contributed by atoms with Crippen LogP contribution in [0.4, 0.5) is 0 Å². The van der Waals surface area contributed by atoms with Crippen LogP contribution < -0.4 is 0 Å². The first-order valence-corrected chi connectivity index (χ1v) is 10.7. The van der Waals surface area contributed by atoms with Crippen molar-refractivity contribution in [3.63, 3.8) is 0 Å². The minimum atomic E-state index is -1.21. The summed E-state index contributed by atoms with van der Waals surface area (Å²) in [5, 5.41) is 9.24. The molecule has 0 radical (unpaired) electrons. The lowest BCUT2D eigenvalue weighted by atomic mass is 9.91. The van der Waals surface area contributed by atoms with Gasteiger partial charge in [0.15, 0.2) is 5.60 Å². The number of carboxylic acids is 1. The van der Waals surface area contributed by atoms with Crippen LogP contribution in [-0.2, 0) is 24.1 Å². The van der Waals surface area contributed by atoms with Crippen molar-refractivity contribution in [2.45, 2.75) is 131 Å². The van der Waals surface area contributed by atoms with Gasteiger partial charge in [0.05, 0.1) is 5.60 Å². The lowest BCUT2D eigenvalue weighted by molar-refractivity contribution is -0.398. The zero-order chi connectivity index (χ0) is 23.5. The van der Waals surface area contributed by atoms with Crippen molar-refractivity contribution in [1.29, 1.82) is 0 Å². The summed E-state index contributed by atoms with van der Waals surface area (Å²) in [4.78, 5) is 32.9. The number of carboxylic acid groups (broad SMARTS) is 1. The second-order valence-electron chi connectivity index (χ2n) is 10.7. The molecule has 0 bridgehead atoms. The van der Waals surface area contributed by atoms with Crippen molar-refractivity contribution in [1.82, 2.24) is 0 Å². The molecule has 1 unspecified atom stereocenters. The molecule has 0 aliphatic rings. The van der Waals surface area contributed by atoms with E-state index < -0.39 is 17.2 Å². The normalized spacial score (nSPS) is 14.4. The van der Waals surface area contributed by atoms with E-state index in [4.69, 9.17) is 14.5 Å². The van der Waals surface area contributed by atoms with Gasteiger partial charge >= 0.3 is 11.9 Å². The van der Waals surface area contributed by atoms with E-state index in [1.807, 2.05) is 48.5 Å². The number of ether oxygens (including phenoxy) is 1. The average Bonchev–Trinajstić information content (AvgIpc) is 2.51. The number of carbonyl (C=O) groups is 2. The van der Waals surface area contributed by atoms with Crippen molar-refractivity contribution in [3.05, 3.63) is 0 Å². The summed E-state index contributed by atoms with van der Waals surface area (Å²) < 4.78 is 5.19. The molecule has 0 spiro atoms. The van der Waals surface area contributed by atoms with E-state index in [-0.39, 0.29) is 17.0 Å². The second kappa shape index (κ2) is 12.5. The summed E-state index contributed by atoms with van der Waals surface area (Å²) in [6.45, 7) is 21.3. The molecule has 0 saturated heterocycles. The summed E-state index contributed by atoms with van der Waals surface area (Å²) >= 11 is 0. The summed E-state index contributed by atoms with van der Waals surface area (Å²) in [5.74, 6) is -1.05. The minimum absolute atomic E-state index is 0.0950. The predicted octanol–water partition coefficient (Wildman–Crippen LogP) is 6.31. The van der Waals surface area contributed by atoms with Crippen molar-refractivity contribution in [2.24, 2.45) is 5.41 Å². The first-order valence-electron chi connectivity index (χ1n) is 10.7. The van der Waals surface area contributed by atoms with Gasteiger partial charge in [-0.25, -0.2) is 14.6 Å². The van der Waals surface area contributed by atoms with E-state index in [2.05, 4.69) is 20.8 Å². The lowest BCUT2D eigenvalue weighted by Gasteiger charge is -2.30. The molecule has 0 aromatic rings. The zero-order valence-electron chi connectivity index (χ0n) is 20.7. The molecule has 6 nitrogen and oxygen atoms in total. The van der Waals surface area contributed by atoms with Gasteiger partial charge in [-0.1, -0.05) is 47.5 Å². The molecular formula is C23H46O6. The van der Waals surface area contributed by atoms with Gasteiger partial charge in [-0.2, -0.15) is 0 Å². The molecule has 0 aromatic carbocycles. The van der Waals surface area contributed by atoms with Gasteiger partial charge in [0.25, 0.3) is 0 Å². The Kier molecular flexibility index (Phi) is 13.0. The highest BCUT2D eigenvalue weighted by Gasteiger charge is 2.40. The van der Waals surface area contributed by atoms with Crippen LogP contribution >= 0.6 is 0 Å². The fourth-order valence-electron chi connectivity index (χ4n) is 2.11. The predicted molar refractivity (Wildman–Crippen MR) is 117 cm³/mol. The molecule has 0 aliphatic carbocycles. The SMILES string of the molecule is CC(C)(C)CCC(=O)OC(C)(C)C.CCCCC(CC)(OOC(C)(C)C)C(=O)O. The largest absolute Gasteiger partial charge is 0.479 e. The number of hydrogen-bond acceptors (Lipinski definition) is 5. The summed E-state index contributed by atoms with van der Waals surface area (Å²) in [5.41, 5.74) is -1.85. The number of esters is 1. The second-order valence-corrected chi connectivity index (χ2v) is 10.7. The van der Waals surface area contributed by atoms with Crippen molar-refractivity contribution in [3.8, 4) is 0 Å². The van der Waals surface area contributed by atoms with Gasteiger partial charge in [-0.05, 0) is 66.2 Å². The van der Waals surface area contributed by atoms with Crippen LogP contribution in [0.2, 0.25) is 0 Å². The third-order valence-corrected chi connectivity index (χ3v) is 3.85. The number of hydrogen-bond donors (Lipinski definition) is 1. The van der Waals surface area contributed by atoms with Crippen LogP contribution in [0.5, 0.6) is 0 Å². The van der Waals surface area contributed by atoms with Crippen LogP contribution in [0.3, 0.4) is 0 Å². The van der Waals surface area contributed by atoms with Crippen molar-refractivity contribution >= 4 is 11.9 Å². The molecule has 0 aliphatic heterocycles. The Hall–Kier alpha value is -1.14. The number of carbonyl (C=O) groups excluding carboxylic acids is 1. The topological polar surface area (TPSA) is 82.1 Å². The molecule has 0 saturated carbocycles. The highest BCUT2D eigenvalue weighted by Crippen LogP contribution is 2.26. The molecule has 0 amide bonds. The standard InChI is InChI=1S/C12H24O4.C11H22O2/c1-6-8-9-12(7-2,10(13)14)16-15-11(3,4)5;1-10(2,3)8-7-9(12)13-11(4,5)6/h6-9H2,1-5H3,(H,13,14);7-8H2,1-6H3. The number of unbranched alkanes of at least 4 members (excludes halogenated alkanes) is 1. The van der Waals surface area contributed by atoms with Crippen molar-refractivity contribution in [2.75, 3.05) is 0 Å². The summed E-state index contributed by atoms with van der Waals surface area (Å²) in [7, 11) is 0. The molecular weight excluding hydrogens is 372 g/mol. The fourth-order valence-corrected chi connectivity index (χ4v) is 2.11. The molecule has 29 heavy (non-hydrogen) atoms. The first-order chi connectivity index (χ1) is 12.9. The molecule has 0 aromatic heterocycles. The monoisotopic (exact) mass is 418 g/mol. The maximum absolute atomic E-state index is 11.3. The van der Waals surface area contributed by atoms with Crippen LogP contribution in [0.15, 0.2) is 0 Å². The van der Waals surface area contributed by atoms with Gasteiger partial charge in [0.2, 0.25) is 0 Å². The lowest BCUT2D eigenvalue weighted by Crippen LogP contribution is -2.43. The van der Waals surface area contributed by atoms with Crippen LogP contribution in [0.1, 0.15) is 115 Å². The molecule has 0 rings (SSSR count). The number of rotatable bonds is 9. The van der Waals surface area contributed by atoms with Gasteiger partial charge in [-0.3, -0.25) is 4.79 Å². The van der Waals surface area contributed by atoms with E-state index in [0.29, 0.717) is 19.3 Å². The smallest absolute Gasteiger partial charge is 0.339 e.